The monoisotopic (exact) mass is 552 g/mol. The minimum Gasteiger partial charge on any atom is -0.394 e. The highest BCUT2D eigenvalue weighted by molar-refractivity contribution is 8.02. The summed E-state index contributed by atoms with van der Waals surface area (Å²) in [7, 11) is 0. The fourth-order valence-corrected chi connectivity index (χ4v) is 8.81. The number of rotatable bonds is 6. The lowest BCUT2D eigenvalue weighted by Crippen LogP contribution is -2.56. The summed E-state index contributed by atoms with van der Waals surface area (Å²) in [5, 5.41) is 9.92. The highest BCUT2D eigenvalue weighted by Gasteiger charge is 2.71. The highest BCUT2D eigenvalue weighted by atomic mass is 32.2. The van der Waals surface area contributed by atoms with Crippen LogP contribution in [-0.4, -0.2) is 119 Å². The number of thioether (sulfide) groups is 1. The summed E-state index contributed by atoms with van der Waals surface area (Å²) in [5.74, 6) is -1.70. The van der Waals surface area contributed by atoms with Crippen LogP contribution < -0.4 is 4.90 Å². The Labute approximate surface area is 233 Å². The first-order chi connectivity index (χ1) is 19.0. The van der Waals surface area contributed by atoms with Gasteiger partial charge < -0.3 is 24.5 Å². The number of hydrogen-bond acceptors (Lipinski definition) is 7. The molecule has 3 amide bonds. The summed E-state index contributed by atoms with van der Waals surface area (Å²) < 4.78 is 4.59. The number of nitrogens with zero attached hydrogens (tertiary/aromatic N) is 4. The second kappa shape index (κ2) is 10.7. The molecule has 1 aromatic carbocycles. The van der Waals surface area contributed by atoms with Crippen molar-refractivity contribution in [2.75, 3.05) is 64.0 Å². The smallest absolute Gasteiger partial charge is 0.247 e. The maximum atomic E-state index is 14.3. The third-order valence-corrected chi connectivity index (χ3v) is 10.5. The van der Waals surface area contributed by atoms with Crippen LogP contribution in [-0.2, 0) is 19.1 Å². The fourth-order valence-electron chi connectivity index (χ4n) is 6.81. The largest absolute Gasteiger partial charge is 0.394 e. The van der Waals surface area contributed by atoms with Crippen LogP contribution >= 0.6 is 11.8 Å². The van der Waals surface area contributed by atoms with Crippen molar-refractivity contribution in [3.8, 4) is 0 Å². The van der Waals surface area contributed by atoms with Gasteiger partial charge in [-0.15, -0.1) is 11.8 Å². The number of fused-ring (bicyclic) bond motifs is 2. The van der Waals surface area contributed by atoms with Gasteiger partial charge in [-0.2, -0.15) is 0 Å². The number of carbonyl (C=O) groups excluding carboxylic acids is 3. The zero-order valence-electron chi connectivity index (χ0n) is 22.2. The van der Waals surface area contributed by atoms with Crippen LogP contribution in [0.25, 0.3) is 0 Å². The molecule has 6 rings (SSSR count). The molecule has 0 radical (unpaired) electrons. The Hall–Kier alpha value is -2.66. The molecule has 208 valence electrons. The molecule has 0 bridgehead atoms. The predicted octanol–water partition coefficient (Wildman–Crippen LogP) is 0.998. The lowest BCUT2D eigenvalue weighted by atomic mass is 9.78. The fraction of sp³-hybridized carbons (Fsp3) is 0.552. The van der Waals surface area contributed by atoms with E-state index in [0.717, 1.165) is 25.3 Å². The number of ether oxygens (including phenoxy) is 1. The normalized spacial score (nSPS) is 33.6. The summed E-state index contributed by atoms with van der Waals surface area (Å²) in [4.78, 5) is 50.2. The SMILES string of the molecule is C[C@H](CO)N1C(=O)[C@@H]2[C@@H]3C(=O)N(c4ccccc4)CC=C[C@@H]3S[C@@]23C=CCN(CCN2CCOCC2)C(=O)C13. The summed E-state index contributed by atoms with van der Waals surface area (Å²) in [5.41, 5.74) is 0.795. The van der Waals surface area contributed by atoms with Crippen LogP contribution in [0.3, 0.4) is 0 Å². The highest BCUT2D eigenvalue weighted by Crippen LogP contribution is 2.61. The maximum Gasteiger partial charge on any atom is 0.247 e. The molecule has 1 N–H and O–H groups in total. The van der Waals surface area contributed by atoms with Gasteiger partial charge in [-0.1, -0.05) is 42.5 Å². The van der Waals surface area contributed by atoms with Crippen molar-refractivity contribution in [1.82, 2.24) is 14.7 Å². The number of benzene rings is 1. The van der Waals surface area contributed by atoms with Gasteiger partial charge in [0, 0.05) is 50.2 Å². The molecule has 1 aromatic rings. The van der Waals surface area contributed by atoms with Gasteiger partial charge in [0.15, 0.2) is 0 Å². The van der Waals surface area contributed by atoms with E-state index >= 15 is 0 Å². The molecule has 6 atom stereocenters. The van der Waals surface area contributed by atoms with Crippen molar-refractivity contribution in [3.05, 3.63) is 54.6 Å². The molecule has 3 fully saturated rings. The molecule has 0 saturated carbocycles. The first kappa shape index (κ1) is 26.6. The Bertz CT molecular complexity index is 1170. The molecule has 1 unspecified atom stereocenters. The molecule has 0 aromatic heterocycles. The van der Waals surface area contributed by atoms with Crippen LogP contribution in [0.15, 0.2) is 54.6 Å². The van der Waals surface area contributed by atoms with Crippen LogP contribution in [0.5, 0.6) is 0 Å². The molecule has 5 aliphatic rings. The van der Waals surface area contributed by atoms with E-state index in [4.69, 9.17) is 4.74 Å². The second-order valence-electron chi connectivity index (χ2n) is 11.0. The van der Waals surface area contributed by atoms with Gasteiger partial charge in [-0.3, -0.25) is 19.3 Å². The van der Waals surface area contributed by atoms with Crippen LogP contribution in [0.2, 0.25) is 0 Å². The van der Waals surface area contributed by atoms with Gasteiger partial charge in [-0.05, 0) is 19.1 Å². The van der Waals surface area contributed by atoms with Gasteiger partial charge in [0.25, 0.3) is 0 Å². The number of hydrogen-bond donors (Lipinski definition) is 1. The summed E-state index contributed by atoms with van der Waals surface area (Å²) in [6.45, 7) is 6.77. The zero-order chi connectivity index (χ0) is 27.1. The van der Waals surface area contributed by atoms with Crippen molar-refractivity contribution in [1.29, 1.82) is 0 Å². The Morgan fingerprint density at radius 2 is 1.79 bits per heavy atom. The molecule has 9 nitrogen and oxygen atoms in total. The van der Waals surface area contributed by atoms with Crippen molar-refractivity contribution in [3.63, 3.8) is 0 Å². The van der Waals surface area contributed by atoms with Crippen LogP contribution in [0.4, 0.5) is 5.69 Å². The van der Waals surface area contributed by atoms with E-state index in [0.29, 0.717) is 32.8 Å². The van der Waals surface area contributed by atoms with Gasteiger partial charge >= 0.3 is 0 Å². The summed E-state index contributed by atoms with van der Waals surface area (Å²) in [6.07, 6.45) is 8.09. The van der Waals surface area contributed by atoms with Gasteiger partial charge in [-0.25, -0.2) is 0 Å². The second-order valence-corrected chi connectivity index (χ2v) is 12.5. The summed E-state index contributed by atoms with van der Waals surface area (Å²) in [6, 6.07) is 8.22. The number of likely N-dealkylation sites (tertiary alicyclic amines) is 1. The van der Waals surface area contributed by atoms with E-state index < -0.39 is 28.7 Å². The van der Waals surface area contributed by atoms with E-state index in [2.05, 4.69) is 4.90 Å². The van der Waals surface area contributed by atoms with E-state index in [1.807, 2.05) is 59.5 Å². The molecule has 5 heterocycles. The number of anilines is 1. The molecule has 5 aliphatic heterocycles. The number of aliphatic hydroxyl groups is 1. The van der Waals surface area contributed by atoms with Crippen molar-refractivity contribution < 1.29 is 24.2 Å². The lowest BCUT2D eigenvalue weighted by Gasteiger charge is -2.38. The van der Waals surface area contributed by atoms with E-state index in [1.54, 1.807) is 28.5 Å². The van der Waals surface area contributed by atoms with Gasteiger partial charge in [0.05, 0.1) is 42.4 Å². The topological polar surface area (TPSA) is 93.6 Å². The van der Waals surface area contributed by atoms with Crippen LogP contribution in [0.1, 0.15) is 6.92 Å². The van der Waals surface area contributed by atoms with Crippen molar-refractivity contribution >= 4 is 35.2 Å². The number of carbonyl (C=O) groups is 3. The predicted molar refractivity (Wildman–Crippen MR) is 149 cm³/mol. The standard InChI is InChI=1S/C29H36N4O5S/c1-20(19-34)33-25-28(37)31(14-13-30-15-17-38-18-16-30)11-6-10-29(25)24(27(33)36)23-22(39-29)9-5-12-32(26(23)35)21-7-3-2-4-8-21/h2-10,20,22-25,34H,11-19H2,1H3/t20-,22+,23-,24+,25?,29+/m1/s1. The average Bonchev–Trinajstić information content (AvgIpc) is 3.29. The Morgan fingerprint density at radius 1 is 1.03 bits per heavy atom. The quantitative estimate of drug-likeness (QED) is 0.527. The molecule has 0 aliphatic carbocycles. The average molecular weight is 553 g/mol. The molecule has 39 heavy (non-hydrogen) atoms. The molecule has 10 heteroatoms. The van der Waals surface area contributed by atoms with Gasteiger partial charge in [0.2, 0.25) is 17.7 Å². The first-order valence-corrected chi connectivity index (χ1v) is 14.7. The Morgan fingerprint density at radius 3 is 2.54 bits per heavy atom. The zero-order valence-corrected chi connectivity index (χ0v) is 23.0. The number of amides is 3. The molecule has 1 spiro atoms. The van der Waals surface area contributed by atoms with E-state index in [9.17, 15) is 19.5 Å². The number of para-hydroxylation sites is 1. The van der Waals surface area contributed by atoms with E-state index in [-0.39, 0.29) is 29.6 Å². The summed E-state index contributed by atoms with van der Waals surface area (Å²) >= 11 is 1.57. The number of aliphatic hydroxyl groups excluding tert-OH is 1. The first-order valence-electron chi connectivity index (χ1n) is 13.9. The number of morpholine rings is 1. The Kier molecular flexibility index (Phi) is 7.30. The van der Waals surface area contributed by atoms with Gasteiger partial charge in [0.1, 0.15) is 6.04 Å². The molecular formula is C29H36N4O5S. The van der Waals surface area contributed by atoms with Crippen LogP contribution in [0, 0.1) is 11.8 Å². The maximum absolute atomic E-state index is 14.3. The third-order valence-electron chi connectivity index (χ3n) is 8.78. The lowest BCUT2D eigenvalue weighted by molar-refractivity contribution is -0.145. The van der Waals surface area contributed by atoms with Crippen molar-refractivity contribution in [2.45, 2.75) is 29.0 Å². The third kappa shape index (κ3) is 4.41. The van der Waals surface area contributed by atoms with Crippen molar-refractivity contribution in [2.24, 2.45) is 11.8 Å². The Balaban J connectivity index is 1.35. The van der Waals surface area contributed by atoms with E-state index in [1.165, 1.54) is 0 Å². The minimum absolute atomic E-state index is 0.0922. The molecular weight excluding hydrogens is 516 g/mol. The molecule has 3 saturated heterocycles. The minimum atomic E-state index is -0.875.